The van der Waals surface area contributed by atoms with Crippen LogP contribution in [-0.4, -0.2) is 17.5 Å². The van der Waals surface area contributed by atoms with E-state index in [9.17, 15) is 5.11 Å². The van der Waals surface area contributed by atoms with E-state index < -0.39 is 5.79 Å². The molecular weight excluding hydrogens is 164 g/mol. The molecule has 13 heavy (non-hydrogen) atoms. The zero-order chi connectivity index (χ0) is 9.57. The second-order valence-corrected chi connectivity index (χ2v) is 4.06. The molecule has 0 amide bonds. The number of hydrogen-bond acceptors (Lipinski definition) is 2. The summed E-state index contributed by atoms with van der Waals surface area (Å²) in [6, 6.07) is 0. The molecular formula is C11H22O2. The summed E-state index contributed by atoms with van der Waals surface area (Å²) in [5.74, 6) is -0.758. The van der Waals surface area contributed by atoms with Crippen LogP contribution in [0.25, 0.3) is 0 Å². The number of aliphatic hydroxyl groups is 1. The zero-order valence-corrected chi connectivity index (χ0v) is 8.72. The third-order valence-corrected chi connectivity index (χ3v) is 2.75. The minimum Gasteiger partial charge on any atom is -0.365 e. The quantitative estimate of drug-likeness (QED) is 0.510. The van der Waals surface area contributed by atoms with Gasteiger partial charge in [-0.3, -0.25) is 0 Å². The van der Waals surface area contributed by atoms with Gasteiger partial charge in [0.1, 0.15) is 0 Å². The van der Waals surface area contributed by atoms with Crippen LogP contribution < -0.4 is 0 Å². The van der Waals surface area contributed by atoms with E-state index in [0.29, 0.717) is 0 Å². The van der Waals surface area contributed by atoms with Crippen molar-refractivity contribution in [2.45, 2.75) is 64.1 Å². The third kappa shape index (κ3) is 4.10. The van der Waals surface area contributed by atoms with Crippen LogP contribution in [0, 0.1) is 0 Å². The first-order valence-corrected chi connectivity index (χ1v) is 5.63. The van der Waals surface area contributed by atoms with Crippen molar-refractivity contribution >= 4 is 0 Å². The Morgan fingerprint density at radius 3 is 2.46 bits per heavy atom. The molecule has 1 saturated carbocycles. The average molecular weight is 186 g/mol. The maximum atomic E-state index is 9.83. The third-order valence-electron chi connectivity index (χ3n) is 2.75. The summed E-state index contributed by atoms with van der Waals surface area (Å²) in [6.07, 6.45) is 8.76. The molecule has 0 aromatic rings. The minimum atomic E-state index is -0.758. The van der Waals surface area contributed by atoms with Gasteiger partial charge >= 0.3 is 0 Å². The lowest BCUT2D eigenvalue weighted by Crippen LogP contribution is -2.28. The summed E-state index contributed by atoms with van der Waals surface area (Å²) in [4.78, 5) is 0. The summed E-state index contributed by atoms with van der Waals surface area (Å²) in [5.41, 5.74) is 0. The molecule has 0 heterocycles. The maximum Gasteiger partial charge on any atom is 0.165 e. The van der Waals surface area contributed by atoms with E-state index in [1.165, 1.54) is 19.3 Å². The van der Waals surface area contributed by atoms with E-state index in [2.05, 4.69) is 6.92 Å². The first kappa shape index (κ1) is 11.0. The van der Waals surface area contributed by atoms with E-state index in [1.807, 2.05) is 0 Å². The zero-order valence-electron chi connectivity index (χ0n) is 8.72. The highest BCUT2D eigenvalue weighted by Gasteiger charge is 2.31. The molecule has 0 unspecified atom stereocenters. The molecule has 2 heteroatoms. The standard InChI is InChI=1S/C11H22O2/c1-2-3-4-7-10-13-11(12)8-5-6-9-11/h12H,2-10H2,1H3. The van der Waals surface area contributed by atoms with Gasteiger partial charge in [-0.05, 0) is 19.3 Å². The molecule has 0 aliphatic heterocycles. The second-order valence-electron chi connectivity index (χ2n) is 4.06. The molecule has 1 rings (SSSR count). The molecule has 1 N–H and O–H groups in total. The number of unbranched alkanes of at least 4 members (excludes halogenated alkanes) is 3. The van der Waals surface area contributed by atoms with Crippen molar-refractivity contribution in [3.05, 3.63) is 0 Å². The molecule has 0 aromatic carbocycles. The molecule has 1 aliphatic rings. The predicted octanol–water partition coefficient (Wildman–Crippen LogP) is 2.85. The van der Waals surface area contributed by atoms with Crippen molar-refractivity contribution in [1.29, 1.82) is 0 Å². The van der Waals surface area contributed by atoms with Crippen molar-refractivity contribution in [2.75, 3.05) is 6.61 Å². The summed E-state index contributed by atoms with van der Waals surface area (Å²) in [7, 11) is 0. The maximum absolute atomic E-state index is 9.83. The summed E-state index contributed by atoms with van der Waals surface area (Å²) in [5, 5.41) is 9.83. The number of rotatable bonds is 6. The fourth-order valence-electron chi connectivity index (χ4n) is 1.86. The molecule has 0 spiro atoms. The van der Waals surface area contributed by atoms with Crippen molar-refractivity contribution < 1.29 is 9.84 Å². The van der Waals surface area contributed by atoms with Crippen molar-refractivity contribution in [1.82, 2.24) is 0 Å². The molecule has 0 radical (unpaired) electrons. The Balaban J connectivity index is 1.98. The van der Waals surface area contributed by atoms with Gasteiger partial charge < -0.3 is 9.84 Å². The predicted molar refractivity (Wildman–Crippen MR) is 53.5 cm³/mol. The molecule has 2 nitrogen and oxygen atoms in total. The first-order chi connectivity index (χ1) is 6.27. The van der Waals surface area contributed by atoms with Gasteiger partial charge in [-0.1, -0.05) is 26.2 Å². The lowest BCUT2D eigenvalue weighted by Gasteiger charge is -2.22. The highest BCUT2D eigenvalue weighted by molar-refractivity contribution is 4.74. The fraction of sp³-hybridized carbons (Fsp3) is 1.00. The molecule has 78 valence electrons. The summed E-state index contributed by atoms with van der Waals surface area (Å²) in [6.45, 7) is 2.93. The van der Waals surface area contributed by atoms with Crippen LogP contribution in [-0.2, 0) is 4.74 Å². The molecule has 0 saturated heterocycles. The average Bonchev–Trinajstić information content (AvgIpc) is 2.53. The van der Waals surface area contributed by atoms with E-state index in [4.69, 9.17) is 4.74 Å². The Kier molecular flexibility index (Phi) is 4.74. The van der Waals surface area contributed by atoms with Crippen molar-refractivity contribution in [2.24, 2.45) is 0 Å². The van der Waals surface area contributed by atoms with Crippen molar-refractivity contribution in [3.63, 3.8) is 0 Å². The van der Waals surface area contributed by atoms with E-state index in [-0.39, 0.29) is 0 Å². The Labute approximate surface area is 81.3 Å². The van der Waals surface area contributed by atoms with E-state index in [1.54, 1.807) is 0 Å². The van der Waals surface area contributed by atoms with Crippen LogP contribution in [0.2, 0.25) is 0 Å². The monoisotopic (exact) mass is 186 g/mol. The lowest BCUT2D eigenvalue weighted by molar-refractivity contribution is -0.197. The highest BCUT2D eigenvalue weighted by atomic mass is 16.6. The van der Waals surface area contributed by atoms with Crippen molar-refractivity contribution in [3.8, 4) is 0 Å². The molecule has 0 aromatic heterocycles. The second kappa shape index (κ2) is 5.61. The van der Waals surface area contributed by atoms with Gasteiger partial charge in [-0.15, -0.1) is 0 Å². The van der Waals surface area contributed by atoms with Crippen LogP contribution in [0.4, 0.5) is 0 Å². The highest BCUT2D eigenvalue weighted by Crippen LogP contribution is 2.30. The molecule has 0 atom stereocenters. The van der Waals surface area contributed by atoms with Gasteiger partial charge in [0.2, 0.25) is 0 Å². The van der Waals surface area contributed by atoms with E-state index in [0.717, 1.165) is 38.7 Å². The summed E-state index contributed by atoms with van der Waals surface area (Å²) < 4.78 is 5.49. The number of ether oxygens (including phenoxy) is 1. The Morgan fingerprint density at radius 1 is 1.15 bits per heavy atom. The van der Waals surface area contributed by atoms with Gasteiger partial charge in [0, 0.05) is 12.8 Å². The van der Waals surface area contributed by atoms with Gasteiger partial charge in [-0.25, -0.2) is 0 Å². The van der Waals surface area contributed by atoms with E-state index >= 15 is 0 Å². The Morgan fingerprint density at radius 2 is 1.85 bits per heavy atom. The number of hydrogen-bond donors (Lipinski definition) is 1. The normalized spacial score (nSPS) is 20.8. The lowest BCUT2D eigenvalue weighted by atomic mass is 10.2. The van der Waals surface area contributed by atoms with Gasteiger partial charge in [0.15, 0.2) is 5.79 Å². The summed E-state index contributed by atoms with van der Waals surface area (Å²) >= 11 is 0. The Bertz CT molecular complexity index is 128. The topological polar surface area (TPSA) is 29.5 Å². The van der Waals surface area contributed by atoms with Crippen LogP contribution in [0.1, 0.15) is 58.3 Å². The fourth-order valence-corrected chi connectivity index (χ4v) is 1.86. The van der Waals surface area contributed by atoms with Gasteiger partial charge in [0.05, 0.1) is 6.61 Å². The first-order valence-electron chi connectivity index (χ1n) is 5.63. The van der Waals surface area contributed by atoms with Crippen LogP contribution in [0.15, 0.2) is 0 Å². The van der Waals surface area contributed by atoms with Crippen LogP contribution in [0.3, 0.4) is 0 Å². The van der Waals surface area contributed by atoms with Gasteiger partial charge in [-0.2, -0.15) is 0 Å². The molecule has 0 bridgehead atoms. The minimum absolute atomic E-state index is 0.733. The molecule has 1 aliphatic carbocycles. The van der Waals surface area contributed by atoms with Crippen LogP contribution >= 0.6 is 0 Å². The molecule has 1 fully saturated rings. The largest absolute Gasteiger partial charge is 0.365 e. The van der Waals surface area contributed by atoms with Crippen LogP contribution in [0.5, 0.6) is 0 Å². The Hall–Kier alpha value is -0.0800. The SMILES string of the molecule is CCCCCCOC1(O)CCCC1. The van der Waals surface area contributed by atoms with Gasteiger partial charge in [0.25, 0.3) is 0 Å². The smallest absolute Gasteiger partial charge is 0.165 e.